The van der Waals surface area contributed by atoms with Crippen LogP contribution in [0.25, 0.3) is 0 Å². The van der Waals surface area contributed by atoms with Crippen LogP contribution in [0.3, 0.4) is 0 Å². The average molecular weight is 714 g/mol. The van der Waals surface area contributed by atoms with Crippen LogP contribution in [0, 0.1) is 0 Å². The highest BCUT2D eigenvalue weighted by atomic mass is 16.5. The van der Waals surface area contributed by atoms with Gasteiger partial charge in [0.2, 0.25) is 23.6 Å². The van der Waals surface area contributed by atoms with Gasteiger partial charge >= 0.3 is 12.1 Å². The second-order valence-corrected chi connectivity index (χ2v) is 11.8. The number of aliphatic carboxylic acids is 1. The van der Waals surface area contributed by atoms with Crippen molar-refractivity contribution in [2.75, 3.05) is 0 Å². The van der Waals surface area contributed by atoms with Crippen molar-refractivity contribution in [1.29, 1.82) is 0 Å². The Bertz CT molecular complexity index is 1800. The molecule has 52 heavy (non-hydrogen) atoms. The zero-order chi connectivity index (χ0) is 37.5. The van der Waals surface area contributed by atoms with E-state index in [9.17, 15) is 39.0 Å². The van der Waals surface area contributed by atoms with Gasteiger partial charge in [-0.05, 0) is 28.8 Å². The van der Waals surface area contributed by atoms with Gasteiger partial charge in [-0.1, -0.05) is 72.8 Å². The van der Waals surface area contributed by atoms with Crippen LogP contribution >= 0.6 is 0 Å². The number of benzene rings is 3. The van der Waals surface area contributed by atoms with Crippen molar-refractivity contribution < 1.29 is 43.7 Å². The smallest absolute Gasteiger partial charge is 0.408 e. The van der Waals surface area contributed by atoms with E-state index < -0.39 is 66.3 Å². The molecule has 0 bridgehead atoms. The quantitative estimate of drug-likeness (QED) is 0.0721. The summed E-state index contributed by atoms with van der Waals surface area (Å²) >= 11 is 0. The number of hydrogen-bond acceptors (Lipinski definition) is 9. The molecule has 1 heterocycles. The van der Waals surface area contributed by atoms with Crippen LogP contribution in [0.4, 0.5) is 4.79 Å². The van der Waals surface area contributed by atoms with Crippen molar-refractivity contribution >= 4 is 35.7 Å². The molecule has 0 aliphatic carbocycles. The number of phenols is 1. The summed E-state index contributed by atoms with van der Waals surface area (Å²) in [6.07, 6.45) is 0.736. The number of carboxylic acid groups (broad SMARTS) is 1. The molecule has 4 aromatic rings. The number of aromatic hydroxyl groups is 1. The van der Waals surface area contributed by atoms with Crippen LogP contribution in [0.15, 0.2) is 97.5 Å². The summed E-state index contributed by atoms with van der Waals surface area (Å²) in [5, 5.41) is 29.2. The van der Waals surface area contributed by atoms with E-state index in [0.717, 1.165) is 0 Å². The predicted octanol–water partition coefficient (Wildman–Crippen LogP) is 0.853. The average Bonchev–Trinajstić information content (AvgIpc) is 3.64. The van der Waals surface area contributed by atoms with E-state index in [1.54, 1.807) is 60.7 Å². The number of nitrogens with two attached hydrogens (primary N) is 1. The maximum Gasteiger partial charge on any atom is 0.408 e. The van der Waals surface area contributed by atoms with Gasteiger partial charge in [-0.25, -0.2) is 9.78 Å². The summed E-state index contributed by atoms with van der Waals surface area (Å²) in [7, 11) is 0. The number of primary amides is 1. The molecule has 272 valence electrons. The van der Waals surface area contributed by atoms with Crippen molar-refractivity contribution in [2.24, 2.45) is 5.73 Å². The SMILES string of the molecule is NC(=O)[C@H](Cc1ccccc1)NC(=O)[C@H](Cc1c[nH]cn1)NC(=O)[C@H](CC(=O)O)NC(=O)[C@H](Cc1ccc(O)cc1)NC(=O)OCc1ccccc1. The molecule has 0 saturated carbocycles. The Kier molecular flexibility index (Phi) is 13.8. The van der Waals surface area contributed by atoms with Gasteiger partial charge < -0.3 is 46.9 Å². The Hall–Kier alpha value is -6.71. The number of rotatable bonds is 18. The Morgan fingerprint density at radius 1 is 0.673 bits per heavy atom. The first-order valence-electron chi connectivity index (χ1n) is 16.2. The summed E-state index contributed by atoms with van der Waals surface area (Å²) in [6.45, 7) is -0.105. The van der Waals surface area contributed by atoms with Gasteiger partial charge in [-0.2, -0.15) is 0 Å². The molecule has 16 nitrogen and oxygen atoms in total. The maximum atomic E-state index is 13.6. The Morgan fingerprint density at radius 3 is 1.77 bits per heavy atom. The van der Waals surface area contributed by atoms with Crippen molar-refractivity contribution in [3.05, 3.63) is 120 Å². The molecule has 0 aliphatic heterocycles. The van der Waals surface area contributed by atoms with E-state index >= 15 is 0 Å². The third-order valence-electron chi connectivity index (χ3n) is 7.75. The molecule has 9 N–H and O–H groups in total. The number of carbonyl (C=O) groups is 6. The molecule has 5 amide bonds. The minimum absolute atomic E-state index is 0.0335. The number of amides is 5. The maximum absolute atomic E-state index is 13.6. The van der Waals surface area contributed by atoms with Crippen molar-refractivity contribution in [1.82, 2.24) is 31.2 Å². The van der Waals surface area contributed by atoms with Crippen molar-refractivity contribution in [3.63, 3.8) is 0 Å². The number of nitrogens with zero attached hydrogens (tertiary/aromatic N) is 1. The first kappa shape index (κ1) is 38.1. The molecule has 3 aromatic carbocycles. The molecule has 0 unspecified atom stereocenters. The number of phenolic OH excluding ortho intramolecular Hbond substituents is 1. The minimum atomic E-state index is -1.72. The second-order valence-electron chi connectivity index (χ2n) is 11.8. The fraction of sp³-hybridized carbons (Fsp3) is 0.250. The molecular weight excluding hydrogens is 674 g/mol. The van der Waals surface area contributed by atoms with E-state index in [4.69, 9.17) is 10.5 Å². The van der Waals surface area contributed by atoms with Gasteiger partial charge in [0, 0.05) is 25.5 Å². The van der Waals surface area contributed by atoms with E-state index in [1.165, 1.54) is 36.8 Å². The molecule has 1 aromatic heterocycles. The molecule has 0 saturated heterocycles. The van der Waals surface area contributed by atoms with Crippen LogP contribution in [-0.4, -0.2) is 80.0 Å². The Labute approximate surface area is 298 Å². The van der Waals surface area contributed by atoms with Gasteiger partial charge in [-0.15, -0.1) is 0 Å². The highest BCUT2D eigenvalue weighted by molar-refractivity contribution is 5.96. The highest BCUT2D eigenvalue weighted by Gasteiger charge is 2.33. The van der Waals surface area contributed by atoms with E-state index in [1.807, 2.05) is 0 Å². The van der Waals surface area contributed by atoms with E-state index in [0.29, 0.717) is 22.4 Å². The monoisotopic (exact) mass is 713 g/mol. The molecule has 0 fully saturated rings. The van der Waals surface area contributed by atoms with E-state index in [2.05, 4.69) is 31.2 Å². The minimum Gasteiger partial charge on any atom is -0.508 e. The zero-order valence-corrected chi connectivity index (χ0v) is 27.9. The van der Waals surface area contributed by atoms with Gasteiger partial charge in [0.15, 0.2) is 0 Å². The number of carbonyl (C=O) groups excluding carboxylic acids is 5. The standard InChI is InChI=1S/C36H39N7O9/c37-32(47)27(15-22-7-3-1-4-8-22)40-34(49)29(17-25-19-38-21-39-25)41-35(50)30(18-31(45)46)42-33(48)28(16-23-11-13-26(44)14-12-23)43-36(51)52-20-24-9-5-2-6-10-24/h1-14,19,21,27-30,44H,15-18,20H2,(H2,37,47)(H,38,39)(H,40,49)(H,41,50)(H,42,48)(H,43,51)(H,45,46)/t27-,28-,29-,30-/m0/s1. The number of aromatic amines is 1. The van der Waals surface area contributed by atoms with Crippen LogP contribution in [0.1, 0.15) is 28.8 Å². The lowest BCUT2D eigenvalue weighted by atomic mass is 10.0. The summed E-state index contributed by atoms with van der Waals surface area (Å²) < 4.78 is 5.27. The lowest BCUT2D eigenvalue weighted by Gasteiger charge is -2.25. The van der Waals surface area contributed by atoms with Crippen LogP contribution in [0.5, 0.6) is 5.75 Å². The topological polar surface area (TPSA) is 255 Å². The molecular formula is C36H39N7O9. The molecule has 0 spiro atoms. The normalized spacial score (nSPS) is 13.0. The van der Waals surface area contributed by atoms with Crippen LogP contribution in [0.2, 0.25) is 0 Å². The van der Waals surface area contributed by atoms with Crippen LogP contribution < -0.4 is 27.0 Å². The molecule has 4 rings (SSSR count). The number of ether oxygens (including phenoxy) is 1. The van der Waals surface area contributed by atoms with Crippen LogP contribution in [-0.2, 0) is 54.6 Å². The van der Waals surface area contributed by atoms with E-state index in [-0.39, 0.29) is 31.6 Å². The van der Waals surface area contributed by atoms with Gasteiger partial charge in [0.05, 0.1) is 18.4 Å². The zero-order valence-electron chi connectivity index (χ0n) is 27.9. The largest absolute Gasteiger partial charge is 0.508 e. The number of H-pyrrole nitrogens is 1. The lowest BCUT2D eigenvalue weighted by Crippen LogP contribution is -2.59. The molecule has 0 aliphatic rings. The third-order valence-corrected chi connectivity index (χ3v) is 7.75. The molecule has 0 radical (unpaired) electrons. The summed E-state index contributed by atoms with van der Waals surface area (Å²) in [5.41, 5.74) is 7.84. The number of imidazole rings is 1. The summed E-state index contributed by atoms with van der Waals surface area (Å²) in [6, 6.07) is 17.7. The number of hydrogen-bond donors (Lipinski definition) is 8. The third kappa shape index (κ3) is 12.3. The number of aromatic nitrogens is 2. The first-order chi connectivity index (χ1) is 25.0. The number of carboxylic acids is 1. The summed E-state index contributed by atoms with van der Waals surface area (Å²) in [4.78, 5) is 84.6. The highest BCUT2D eigenvalue weighted by Crippen LogP contribution is 2.13. The molecule has 16 heteroatoms. The number of nitrogens with one attached hydrogen (secondary N) is 5. The predicted molar refractivity (Wildman–Crippen MR) is 185 cm³/mol. The fourth-order valence-corrected chi connectivity index (χ4v) is 5.08. The second kappa shape index (κ2) is 18.9. The van der Waals surface area contributed by atoms with Gasteiger partial charge in [0.1, 0.15) is 36.5 Å². The Morgan fingerprint density at radius 2 is 1.19 bits per heavy atom. The van der Waals surface area contributed by atoms with Gasteiger partial charge in [-0.3, -0.25) is 24.0 Å². The van der Waals surface area contributed by atoms with Gasteiger partial charge in [0.25, 0.3) is 0 Å². The summed E-state index contributed by atoms with van der Waals surface area (Å²) in [5.74, 6) is -5.10. The lowest BCUT2D eigenvalue weighted by molar-refractivity contribution is -0.141. The fourth-order valence-electron chi connectivity index (χ4n) is 5.08. The number of alkyl carbamates (subject to hydrolysis) is 1. The Balaban J connectivity index is 1.51. The van der Waals surface area contributed by atoms with Crippen molar-refractivity contribution in [3.8, 4) is 5.75 Å². The molecule has 4 atom stereocenters. The first-order valence-corrected chi connectivity index (χ1v) is 16.2. The van der Waals surface area contributed by atoms with Crippen molar-refractivity contribution in [2.45, 2.75) is 56.5 Å².